The molecule has 28 heavy (non-hydrogen) atoms. The van der Waals surface area contributed by atoms with Crippen LogP contribution in [0.3, 0.4) is 0 Å². The van der Waals surface area contributed by atoms with E-state index in [9.17, 15) is 0 Å². The first-order valence-corrected chi connectivity index (χ1v) is 11.1. The number of halogens is 3. The van der Waals surface area contributed by atoms with Crippen molar-refractivity contribution in [1.82, 2.24) is 9.55 Å². The van der Waals surface area contributed by atoms with Crippen molar-refractivity contribution in [1.29, 1.82) is 0 Å². The lowest BCUT2D eigenvalue weighted by molar-refractivity contribution is 1.18. The summed E-state index contributed by atoms with van der Waals surface area (Å²) in [4.78, 5) is 4.36. The fourth-order valence-corrected chi connectivity index (χ4v) is 5.61. The average Bonchev–Trinajstić information content (AvgIpc) is 3.03. The summed E-state index contributed by atoms with van der Waals surface area (Å²) in [7, 11) is 0. The molecule has 0 bridgehead atoms. The van der Waals surface area contributed by atoms with Crippen LogP contribution in [-0.4, -0.2) is 9.55 Å². The molecule has 0 unspecified atom stereocenters. The fraction of sp³-hybridized carbons (Fsp3) is 0. The molecule has 2 aromatic heterocycles. The minimum absolute atomic E-state index is 0.801. The van der Waals surface area contributed by atoms with Crippen LogP contribution >= 0.6 is 47.8 Å². The van der Waals surface area contributed by atoms with E-state index in [0.717, 1.165) is 30.5 Å². The van der Waals surface area contributed by atoms with Gasteiger partial charge in [-0.25, -0.2) is 4.98 Å². The molecular weight excluding hydrogens is 544 g/mol. The van der Waals surface area contributed by atoms with E-state index < -0.39 is 0 Å². The predicted molar refractivity (Wildman–Crippen MR) is 127 cm³/mol. The van der Waals surface area contributed by atoms with Crippen LogP contribution in [0.15, 0.2) is 92.5 Å². The minimum atomic E-state index is 0.801. The standard InChI is InChI=1S/C23H13Br3N2/c24-20-12-14(13-21(25)27-20)16-10-11-19-22(23(16)26)17-8-4-5-9-18(17)28(19)15-6-2-1-3-7-15/h1-13H. The molecule has 0 aliphatic heterocycles. The summed E-state index contributed by atoms with van der Waals surface area (Å²) in [5, 5.41) is 2.43. The Labute approximate surface area is 187 Å². The van der Waals surface area contributed by atoms with Gasteiger partial charge in [0.15, 0.2) is 0 Å². The molecule has 0 amide bonds. The number of pyridine rings is 1. The van der Waals surface area contributed by atoms with Crippen LogP contribution in [0.25, 0.3) is 38.6 Å². The Morgan fingerprint density at radius 1 is 0.679 bits per heavy atom. The molecule has 5 heteroatoms. The summed E-state index contributed by atoms with van der Waals surface area (Å²) in [6.45, 7) is 0. The first-order chi connectivity index (χ1) is 13.6. The second kappa shape index (κ2) is 7.14. The normalized spacial score (nSPS) is 11.4. The van der Waals surface area contributed by atoms with E-state index in [1.165, 1.54) is 21.8 Å². The maximum absolute atomic E-state index is 4.36. The number of nitrogens with zero attached hydrogens (tertiary/aromatic N) is 2. The van der Waals surface area contributed by atoms with Gasteiger partial charge in [-0.3, -0.25) is 0 Å². The zero-order valence-corrected chi connectivity index (χ0v) is 19.3. The van der Waals surface area contributed by atoms with Crippen molar-refractivity contribution in [3.8, 4) is 16.8 Å². The smallest absolute Gasteiger partial charge is 0.108 e. The first-order valence-electron chi connectivity index (χ1n) is 8.74. The molecule has 0 radical (unpaired) electrons. The molecule has 0 aliphatic rings. The van der Waals surface area contributed by atoms with Crippen molar-refractivity contribution in [3.63, 3.8) is 0 Å². The van der Waals surface area contributed by atoms with E-state index in [0.29, 0.717) is 0 Å². The van der Waals surface area contributed by atoms with Gasteiger partial charge in [-0.15, -0.1) is 0 Å². The SMILES string of the molecule is Brc1cc(-c2ccc3c(c2Br)c2ccccc2n3-c2ccccc2)cc(Br)n1. The molecule has 0 saturated carbocycles. The number of para-hydroxylation sites is 2. The summed E-state index contributed by atoms with van der Waals surface area (Å²) in [6, 6.07) is 27.5. The zero-order chi connectivity index (χ0) is 19.3. The van der Waals surface area contributed by atoms with E-state index in [-0.39, 0.29) is 0 Å². The summed E-state index contributed by atoms with van der Waals surface area (Å²) in [5.74, 6) is 0. The van der Waals surface area contributed by atoms with Crippen LogP contribution in [0.5, 0.6) is 0 Å². The largest absolute Gasteiger partial charge is 0.309 e. The first kappa shape index (κ1) is 18.1. The van der Waals surface area contributed by atoms with E-state index in [4.69, 9.17) is 0 Å². The van der Waals surface area contributed by atoms with Gasteiger partial charge in [0.2, 0.25) is 0 Å². The van der Waals surface area contributed by atoms with E-state index in [1.807, 2.05) is 18.2 Å². The van der Waals surface area contributed by atoms with Gasteiger partial charge >= 0.3 is 0 Å². The van der Waals surface area contributed by atoms with Gasteiger partial charge in [0.1, 0.15) is 9.21 Å². The van der Waals surface area contributed by atoms with Crippen molar-refractivity contribution in [3.05, 3.63) is 92.5 Å². The van der Waals surface area contributed by atoms with Gasteiger partial charge < -0.3 is 4.57 Å². The highest BCUT2D eigenvalue weighted by atomic mass is 79.9. The molecule has 0 atom stereocenters. The third-order valence-corrected chi connectivity index (χ3v) is 6.50. The molecule has 0 aliphatic carbocycles. The van der Waals surface area contributed by atoms with Crippen LogP contribution in [0.2, 0.25) is 0 Å². The van der Waals surface area contributed by atoms with Crippen molar-refractivity contribution in [2.45, 2.75) is 0 Å². The summed E-state index contributed by atoms with van der Waals surface area (Å²) in [5.41, 5.74) is 5.75. The molecular formula is C23H13Br3N2. The molecule has 3 aromatic carbocycles. The molecule has 136 valence electrons. The molecule has 0 fully saturated rings. The fourth-order valence-electron chi connectivity index (χ4n) is 3.72. The monoisotopic (exact) mass is 554 g/mol. The second-order valence-corrected chi connectivity index (χ2v) is 8.93. The second-order valence-electron chi connectivity index (χ2n) is 6.51. The lowest BCUT2D eigenvalue weighted by atomic mass is 10.0. The van der Waals surface area contributed by atoms with Gasteiger partial charge in [-0.2, -0.15) is 0 Å². The van der Waals surface area contributed by atoms with Gasteiger partial charge in [-0.05, 0) is 95.3 Å². The van der Waals surface area contributed by atoms with Crippen LogP contribution < -0.4 is 0 Å². The summed E-state index contributed by atoms with van der Waals surface area (Å²) >= 11 is 10.9. The van der Waals surface area contributed by atoms with Crippen LogP contribution in [0.1, 0.15) is 0 Å². The van der Waals surface area contributed by atoms with Crippen molar-refractivity contribution < 1.29 is 0 Å². The van der Waals surface area contributed by atoms with Gasteiger partial charge in [0.05, 0.1) is 11.0 Å². The number of hydrogen-bond donors (Lipinski definition) is 0. The number of benzene rings is 3. The van der Waals surface area contributed by atoms with Crippen molar-refractivity contribution in [2.75, 3.05) is 0 Å². The molecule has 5 rings (SSSR count). The highest BCUT2D eigenvalue weighted by Crippen LogP contribution is 2.41. The molecule has 5 aromatic rings. The van der Waals surface area contributed by atoms with E-state index >= 15 is 0 Å². The minimum Gasteiger partial charge on any atom is -0.309 e. The van der Waals surface area contributed by atoms with Crippen molar-refractivity contribution >= 4 is 69.6 Å². The zero-order valence-electron chi connectivity index (χ0n) is 14.5. The van der Waals surface area contributed by atoms with Gasteiger partial charge in [0, 0.05) is 20.9 Å². The predicted octanol–water partition coefficient (Wildman–Crippen LogP) is 8.13. The highest BCUT2D eigenvalue weighted by molar-refractivity contribution is 9.11. The van der Waals surface area contributed by atoms with E-state index in [2.05, 4.69) is 118 Å². The summed E-state index contributed by atoms with van der Waals surface area (Å²) in [6.07, 6.45) is 0. The molecule has 2 heterocycles. The van der Waals surface area contributed by atoms with Crippen molar-refractivity contribution in [2.24, 2.45) is 0 Å². The maximum Gasteiger partial charge on any atom is 0.108 e. The number of aromatic nitrogens is 2. The lowest BCUT2D eigenvalue weighted by Crippen LogP contribution is -1.93. The lowest BCUT2D eigenvalue weighted by Gasteiger charge is -2.10. The molecule has 0 saturated heterocycles. The Hall–Kier alpha value is -1.95. The van der Waals surface area contributed by atoms with Gasteiger partial charge in [-0.1, -0.05) is 42.5 Å². The number of hydrogen-bond acceptors (Lipinski definition) is 1. The van der Waals surface area contributed by atoms with Crippen LogP contribution in [-0.2, 0) is 0 Å². The topological polar surface area (TPSA) is 17.8 Å². The Morgan fingerprint density at radius 3 is 2.11 bits per heavy atom. The number of fused-ring (bicyclic) bond motifs is 3. The Kier molecular flexibility index (Phi) is 4.62. The molecule has 2 nitrogen and oxygen atoms in total. The van der Waals surface area contributed by atoms with Crippen LogP contribution in [0, 0.1) is 0 Å². The van der Waals surface area contributed by atoms with Gasteiger partial charge in [0.25, 0.3) is 0 Å². The highest BCUT2D eigenvalue weighted by Gasteiger charge is 2.17. The van der Waals surface area contributed by atoms with E-state index in [1.54, 1.807) is 0 Å². The molecule has 0 spiro atoms. The quantitative estimate of drug-likeness (QED) is 0.201. The Morgan fingerprint density at radius 2 is 1.36 bits per heavy atom. The maximum atomic E-state index is 4.36. The third kappa shape index (κ3) is 2.93. The number of rotatable bonds is 2. The Bertz CT molecular complexity index is 1320. The summed E-state index contributed by atoms with van der Waals surface area (Å²) < 4.78 is 5.00. The molecule has 0 N–H and O–H groups in total. The third-order valence-electron chi connectivity index (χ3n) is 4.86. The van der Waals surface area contributed by atoms with Crippen LogP contribution in [0.4, 0.5) is 0 Å². The average molecular weight is 557 g/mol. The Balaban J connectivity index is 1.89.